The number of nitrogens with one attached hydrogen (secondary N) is 2. The number of hydrogen-bond donors (Lipinski definition) is 2. The first-order chi connectivity index (χ1) is 10.2. The molecule has 1 saturated heterocycles. The lowest BCUT2D eigenvalue weighted by atomic mass is 10.1. The van der Waals surface area contributed by atoms with Gasteiger partial charge in [-0.3, -0.25) is 9.69 Å². The summed E-state index contributed by atoms with van der Waals surface area (Å²) >= 11 is 0. The van der Waals surface area contributed by atoms with E-state index < -0.39 is 0 Å². The van der Waals surface area contributed by atoms with Gasteiger partial charge in [-0.2, -0.15) is 0 Å². The third kappa shape index (κ3) is 4.81. The molecule has 1 aliphatic heterocycles. The Morgan fingerprint density at radius 3 is 2.86 bits per heavy atom. The zero-order chi connectivity index (χ0) is 15.1. The molecule has 116 valence electrons. The Balaban J connectivity index is 1.97. The Labute approximate surface area is 126 Å². The molecule has 0 aromatic heterocycles. The molecular formula is C16H25N3O2. The van der Waals surface area contributed by atoms with Crippen LogP contribution in [0.2, 0.25) is 0 Å². The standard InChI is InChI=1S/C16H25N3O2/c1-13(19-8-10-21-11-9-19)14-4-3-5-15(12-14)18-16(20)6-7-17-2/h3-5,12-13,17H,6-11H2,1-2H3,(H,18,20). The smallest absolute Gasteiger partial charge is 0.225 e. The van der Waals surface area contributed by atoms with Crippen LogP contribution < -0.4 is 10.6 Å². The number of anilines is 1. The van der Waals surface area contributed by atoms with Crippen LogP contribution >= 0.6 is 0 Å². The van der Waals surface area contributed by atoms with E-state index in [4.69, 9.17) is 4.74 Å². The number of carbonyl (C=O) groups excluding carboxylic acids is 1. The van der Waals surface area contributed by atoms with Gasteiger partial charge >= 0.3 is 0 Å². The average molecular weight is 291 g/mol. The van der Waals surface area contributed by atoms with Gasteiger partial charge in [-0.25, -0.2) is 0 Å². The van der Waals surface area contributed by atoms with Crippen molar-refractivity contribution in [2.75, 3.05) is 45.2 Å². The van der Waals surface area contributed by atoms with Crippen LogP contribution in [-0.4, -0.2) is 50.7 Å². The highest BCUT2D eigenvalue weighted by Crippen LogP contribution is 2.23. The van der Waals surface area contributed by atoms with Crippen LogP contribution in [0.5, 0.6) is 0 Å². The van der Waals surface area contributed by atoms with E-state index in [1.807, 2.05) is 19.2 Å². The summed E-state index contributed by atoms with van der Waals surface area (Å²) in [7, 11) is 1.85. The minimum atomic E-state index is 0.0422. The molecule has 2 rings (SSSR count). The third-order valence-corrected chi connectivity index (χ3v) is 3.85. The quantitative estimate of drug-likeness (QED) is 0.836. The Morgan fingerprint density at radius 1 is 1.38 bits per heavy atom. The van der Waals surface area contributed by atoms with E-state index in [-0.39, 0.29) is 5.91 Å². The van der Waals surface area contributed by atoms with Crippen molar-refractivity contribution in [1.29, 1.82) is 0 Å². The summed E-state index contributed by atoms with van der Waals surface area (Å²) in [6, 6.07) is 8.45. The number of amides is 1. The molecule has 1 fully saturated rings. The predicted molar refractivity (Wildman–Crippen MR) is 84.4 cm³/mol. The SMILES string of the molecule is CNCCC(=O)Nc1cccc(C(C)N2CCOCC2)c1. The van der Waals surface area contributed by atoms with Crippen molar-refractivity contribution in [3.63, 3.8) is 0 Å². The highest BCUT2D eigenvalue weighted by atomic mass is 16.5. The van der Waals surface area contributed by atoms with Gasteiger partial charge in [0, 0.05) is 37.8 Å². The summed E-state index contributed by atoms with van der Waals surface area (Å²) in [5, 5.41) is 5.93. The molecule has 1 aromatic carbocycles. The Morgan fingerprint density at radius 2 is 2.14 bits per heavy atom. The molecule has 0 radical (unpaired) electrons. The number of benzene rings is 1. The van der Waals surface area contributed by atoms with Crippen molar-refractivity contribution < 1.29 is 9.53 Å². The second-order valence-corrected chi connectivity index (χ2v) is 5.35. The maximum Gasteiger partial charge on any atom is 0.225 e. The van der Waals surface area contributed by atoms with Crippen LogP contribution in [0.4, 0.5) is 5.69 Å². The van der Waals surface area contributed by atoms with Gasteiger partial charge in [0.15, 0.2) is 0 Å². The van der Waals surface area contributed by atoms with E-state index in [0.717, 1.165) is 32.0 Å². The molecule has 1 aliphatic rings. The van der Waals surface area contributed by atoms with Crippen LogP contribution in [0.15, 0.2) is 24.3 Å². The molecule has 1 unspecified atom stereocenters. The maximum atomic E-state index is 11.8. The van der Waals surface area contributed by atoms with Crippen LogP contribution in [-0.2, 0) is 9.53 Å². The highest BCUT2D eigenvalue weighted by molar-refractivity contribution is 5.90. The molecule has 0 aliphatic carbocycles. The molecule has 1 amide bonds. The molecule has 5 nitrogen and oxygen atoms in total. The van der Waals surface area contributed by atoms with Crippen molar-refractivity contribution in [1.82, 2.24) is 10.2 Å². The van der Waals surface area contributed by atoms with E-state index in [0.29, 0.717) is 19.0 Å². The fourth-order valence-corrected chi connectivity index (χ4v) is 2.51. The van der Waals surface area contributed by atoms with E-state index in [2.05, 4.69) is 34.6 Å². The van der Waals surface area contributed by atoms with Crippen molar-refractivity contribution in [3.05, 3.63) is 29.8 Å². The van der Waals surface area contributed by atoms with Gasteiger partial charge in [0.2, 0.25) is 5.91 Å². The zero-order valence-electron chi connectivity index (χ0n) is 12.9. The molecule has 0 saturated carbocycles. The number of morpholine rings is 1. The van der Waals surface area contributed by atoms with Gasteiger partial charge in [-0.05, 0) is 31.7 Å². The first kappa shape index (κ1) is 15.9. The maximum absolute atomic E-state index is 11.8. The monoisotopic (exact) mass is 291 g/mol. The van der Waals surface area contributed by atoms with Crippen LogP contribution in [0.25, 0.3) is 0 Å². The van der Waals surface area contributed by atoms with Gasteiger partial charge in [-0.15, -0.1) is 0 Å². The van der Waals surface area contributed by atoms with Crippen LogP contribution in [0.1, 0.15) is 24.9 Å². The third-order valence-electron chi connectivity index (χ3n) is 3.85. The van der Waals surface area contributed by atoms with Gasteiger partial charge in [0.25, 0.3) is 0 Å². The lowest BCUT2D eigenvalue weighted by Gasteiger charge is -2.32. The van der Waals surface area contributed by atoms with Gasteiger partial charge in [-0.1, -0.05) is 12.1 Å². The highest BCUT2D eigenvalue weighted by Gasteiger charge is 2.18. The molecule has 1 atom stereocenters. The summed E-state index contributed by atoms with van der Waals surface area (Å²) < 4.78 is 5.40. The number of hydrogen-bond acceptors (Lipinski definition) is 4. The van der Waals surface area contributed by atoms with Crippen LogP contribution in [0, 0.1) is 0 Å². The average Bonchev–Trinajstić information content (AvgIpc) is 2.53. The lowest BCUT2D eigenvalue weighted by molar-refractivity contribution is -0.116. The number of ether oxygens (including phenoxy) is 1. The second-order valence-electron chi connectivity index (χ2n) is 5.35. The van der Waals surface area contributed by atoms with E-state index in [9.17, 15) is 4.79 Å². The first-order valence-corrected chi connectivity index (χ1v) is 7.57. The van der Waals surface area contributed by atoms with E-state index in [1.54, 1.807) is 0 Å². The summed E-state index contributed by atoms with van der Waals surface area (Å²) in [6.45, 7) is 6.40. The number of carbonyl (C=O) groups is 1. The Hall–Kier alpha value is -1.43. The lowest BCUT2D eigenvalue weighted by Crippen LogP contribution is -2.38. The molecule has 1 heterocycles. The minimum absolute atomic E-state index is 0.0422. The molecule has 0 spiro atoms. The molecular weight excluding hydrogens is 266 g/mol. The molecule has 21 heavy (non-hydrogen) atoms. The fourth-order valence-electron chi connectivity index (χ4n) is 2.51. The molecule has 0 bridgehead atoms. The van der Waals surface area contributed by atoms with E-state index in [1.165, 1.54) is 5.56 Å². The van der Waals surface area contributed by atoms with Crippen molar-refractivity contribution in [3.8, 4) is 0 Å². The first-order valence-electron chi connectivity index (χ1n) is 7.57. The van der Waals surface area contributed by atoms with E-state index >= 15 is 0 Å². The molecule has 5 heteroatoms. The van der Waals surface area contributed by atoms with Crippen molar-refractivity contribution >= 4 is 11.6 Å². The van der Waals surface area contributed by atoms with Crippen LogP contribution in [0.3, 0.4) is 0 Å². The Kier molecular flexibility index (Phi) is 6.17. The zero-order valence-corrected chi connectivity index (χ0v) is 12.9. The summed E-state index contributed by atoms with van der Waals surface area (Å²) in [6.07, 6.45) is 0.486. The number of nitrogens with zero attached hydrogens (tertiary/aromatic N) is 1. The minimum Gasteiger partial charge on any atom is -0.379 e. The molecule has 2 N–H and O–H groups in total. The summed E-state index contributed by atoms with van der Waals surface area (Å²) in [4.78, 5) is 14.2. The summed E-state index contributed by atoms with van der Waals surface area (Å²) in [5.74, 6) is 0.0422. The largest absolute Gasteiger partial charge is 0.379 e. The topological polar surface area (TPSA) is 53.6 Å². The van der Waals surface area contributed by atoms with Gasteiger partial charge in [0.05, 0.1) is 13.2 Å². The predicted octanol–water partition coefficient (Wildman–Crippen LogP) is 1.63. The van der Waals surface area contributed by atoms with Crippen molar-refractivity contribution in [2.24, 2.45) is 0 Å². The van der Waals surface area contributed by atoms with Gasteiger partial charge in [0.1, 0.15) is 0 Å². The molecule has 1 aromatic rings. The van der Waals surface area contributed by atoms with Gasteiger partial charge < -0.3 is 15.4 Å². The summed E-state index contributed by atoms with van der Waals surface area (Å²) in [5.41, 5.74) is 2.09. The second kappa shape index (κ2) is 8.12. The fraction of sp³-hybridized carbons (Fsp3) is 0.562. The Bertz CT molecular complexity index is 459. The number of rotatable bonds is 6. The normalized spacial score (nSPS) is 17.4. The van der Waals surface area contributed by atoms with Crippen molar-refractivity contribution in [2.45, 2.75) is 19.4 Å².